The van der Waals surface area contributed by atoms with Crippen LogP contribution in [0.2, 0.25) is 5.02 Å². The highest BCUT2D eigenvalue weighted by molar-refractivity contribution is 6.34. The van der Waals surface area contributed by atoms with Crippen molar-refractivity contribution < 1.29 is 38.6 Å². The molecule has 1 saturated heterocycles. The van der Waals surface area contributed by atoms with E-state index >= 15 is 0 Å². The predicted molar refractivity (Wildman–Crippen MR) is 158 cm³/mol. The van der Waals surface area contributed by atoms with E-state index in [1.165, 1.54) is 35.2 Å². The quantitative estimate of drug-likeness (QED) is 0.312. The van der Waals surface area contributed by atoms with Gasteiger partial charge in [0.25, 0.3) is 11.8 Å². The van der Waals surface area contributed by atoms with E-state index in [0.29, 0.717) is 24.9 Å². The molecule has 0 saturated carbocycles. The molecular weight excluding hydrogens is 580 g/mol. The van der Waals surface area contributed by atoms with Crippen molar-refractivity contribution >= 4 is 41.4 Å². The van der Waals surface area contributed by atoms with E-state index in [0.717, 1.165) is 7.11 Å². The van der Waals surface area contributed by atoms with Crippen LogP contribution in [0.4, 0.5) is 4.79 Å². The summed E-state index contributed by atoms with van der Waals surface area (Å²) in [7, 11) is 1.15. The summed E-state index contributed by atoms with van der Waals surface area (Å²) in [4.78, 5) is 64.8. The van der Waals surface area contributed by atoms with Crippen molar-refractivity contribution in [2.45, 2.75) is 51.8 Å². The van der Waals surface area contributed by atoms with Gasteiger partial charge < -0.3 is 35.4 Å². The highest BCUT2D eigenvalue weighted by Gasteiger charge is 2.32. The molecule has 1 fully saturated rings. The molecule has 2 aromatic carbocycles. The zero-order valence-electron chi connectivity index (χ0n) is 24.6. The van der Waals surface area contributed by atoms with Crippen LogP contribution in [-0.2, 0) is 25.6 Å². The van der Waals surface area contributed by atoms with E-state index in [9.17, 15) is 29.1 Å². The second-order valence-corrected chi connectivity index (χ2v) is 11.5. The van der Waals surface area contributed by atoms with Crippen LogP contribution in [0.5, 0.6) is 5.75 Å². The van der Waals surface area contributed by atoms with Gasteiger partial charge in [-0.25, -0.2) is 9.59 Å². The molecule has 2 atom stereocenters. The Hall–Kier alpha value is -4.32. The third-order valence-corrected chi connectivity index (χ3v) is 6.87. The number of halogens is 1. The first kappa shape index (κ1) is 33.2. The number of piperidine rings is 1. The lowest BCUT2D eigenvalue weighted by Crippen LogP contribution is -2.52. The highest BCUT2D eigenvalue weighted by atomic mass is 35.5. The van der Waals surface area contributed by atoms with Gasteiger partial charge in [-0.3, -0.25) is 14.4 Å². The number of amides is 4. The fourth-order valence-corrected chi connectivity index (χ4v) is 4.66. The zero-order valence-corrected chi connectivity index (χ0v) is 25.3. The summed E-state index contributed by atoms with van der Waals surface area (Å²) in [5.41, 5.74) is 0.236. The number of carbonyl (C=O) groups excluding carboxylic acids is 5. The first-order valence-electron chi connectivity index (χ1n) is 13.8. The first-order chi connectivity index (χ1) is 20.3. The largest absolute Gasteiger partial charge is 0.508 e. The maximum absolute atomic E-state index is 13.0. The van der Waals surface area contributed by atoms with Crippen LogP contribution in [0.15, 0.2) is 42.5 Å². The summed E-state index contributed by atoms with van der Waals surface area (Å²) in [5.74, 6) is -2.76. The zero-order chi connectivity index (χ0) is 31.7. The number of nitrogens with one attached hydrogen (secondary N) is 3. The minimum Gasteiger partial charge on any atom is -0.508 e. The van der Waals surface area contributed by atoms with Gasteiger partial charge in [-0.1, -0.05) is 23.7 Å². The number of aromatic hydroxyl groups is 1. The summed E-state index contributed by atoms with van der Waals surface area (Å²) in [6.07, 6.45) is 0.655. The second-order valence-electron chi connectivity index (χ2n) is 11.1. The molecule has 0 aliphatic carbocycles. The van der Waals surface area contributed by atoms with Crippen molar-refractivity contribution in [3.63, 3.8) is 0 Å². The number of methoxy groups -OCH3 is 1. The fraction of sp³-hybridized carbons (Fsp3) is 0.433. The monoisotopic (exact) mass is 616 g/mol. The lowest BCUT2D eigenvalue weighted by molar-refractivity contribution is -0.142. The van der Waals surface area contributed by atoms with Crippen LogP contribution in [-0.4, -0.2) is 78.2 Å². The smallest absolute Gasteiger partial charge is 0.410 e. The van der Waals surface area contributed by atoms with Gasteiger partial charge in [0.05, 0.1) is 23.6 Å². The Bertz CT molecular complexity index is 1360. The molecule has 1 aliphatic rings. The Morgan fingerprint density at radius 3 is 2.47 bits per heavy atom. The third kappa shape index (κ3) is 9.88. The second kappa shape index (κ2) is 14.7. The number of phenolic OH excluding ortho intramolecular Hbond substituents is 1. The summed E-state index contributed by atoms with van der Waals surface area (Å²) >= 11 is 6.31. The normalized spacial score (nSPS) is 15.6. The molecule has 1 aliphatic heterocycles. The number of benzene rings is 2. The lowest BCUT2D eigenvalue weighted by Gasteiger charge is -2.33. The van der Waals surface area contributed by atoms with E-state index in [-0.39, 0.29) is 47.4 Å². The van der Waals surface area contributed by atoms with Gasteiger partial charge in [-0.05, 0) is 69.5 Å². The molecule has 3 rings (SSSR count). The van der Waals surface area contributed by atoms with E-state index in [2.05, 4.69) is 16.0 Å². The summed E-state index contributed by atoms with van der Waals surface area (Å²) < 4.78 is 10.2. The maximum atomic E-state index is 13.0. The van der Waals surface area contributed by atoms with E-state index in [4.69, 9.17) is 21.1 Å². The van der Waals surface area contributed by atoms with Crippen molar-refractivity contribution in [1.29, 1.82) is 0 Å². The number of ether oxygens (including phenoxy) is 2. The number of rotatable bonds is 9. The molecule has 12 nitrogen and oxygen atoms in total. The molecule has 0 aromatic heterocycles. The number of esters is 1. The topological polar surface area (TPSA) is 163 Å². The van der Waals surface area contributed by atoms with Crippen molar-refractivity contribution in [1.82, 2.24) is 20.9 Å². The lowest BCUT2D eigenvalue weighted by atomic mass is 9.97. The van der Waals surface area contributed by atoms with Crippen LogP contribution >= 0.6 is 11.6 Å². The Kier molecular flexibility index (Phi) is 11.4. The van der Waals surface area contributed by atoms with Crippen molar-refractivity contribution in [2.75, 3.05) is 26.7 Å². The molecule has 0 spiro atoms. The van der Waals surface area contributed by atoms with E-state index in [1.807, 2.05) is 0 Å². The average Bonchev–Trinajstić information content (AvgIpc) is 2.96. The molecule has 0 radical (unpaired) electrons. The summed E-state index contributed by atoms with van der Waals surface area (Å²) in [5, 5.41) is 17.4. The van der Waals surface area contributed by atoms with Crippen LogP contribution in [0.25, 0.3) is 0 Å². The molecular formula is C30H37ClN4O8. The summed E-state index contributed by atoms with van der Waals surface area (Å²) in [6, 6.07) is 9.30. The minimum absolute atomic E-state index is 0.00621. The number of hydrogen-bond donors (Lipinski definition) is 4. The van der Waals surface area contributed by atoms with Gasteiger partial charge in [0.2, 0.25) is 5.91 Å². The van der Waals surface area contributed by atoms with Crippen LogP contribution in [0, 0.1) is 5.92 Å². The van der Waals surface area contributed by atoms with Crippen LogP contribution in [0.1, 0.15) is 59.9 Å². The summed E-state index contributed by atoms with van der Waals surface area (Å²) in [6.45, 7) is 5.84. The Morgan fingerprint density at radius 1 is 1.07 bits per heavy atom. The maximum Gasteiger partial charge on any atom is 0.410 e. The van der Waals surface area contributed by atoms with Gasteiger partial charge in [0.15, 0.2) is 0 Å². The number of phenols is 1. The molecule has 1 unspecified atom stereocenters. The van der Waals surface area contributed by atoms with E-state index < -0.39 is 41.4 Å². The molecule has 1 heterocycles. The number of carbonyl (C=O) groups is 5. The molecule has 43 heavy (non-hydrogen) atoms. The molecule has 4 N–H and O–H groups in total. The van der Waals surface area contributed by atoms with Gasteiger partial charge in [-0.15, -0.1) is 0 Å². The van der Waals surface area contributed by atoms with E-state index in [1.54, 1.807) is 32.9 Å². The Morgan fingerprint density at radius 2 is 1.81 bits per heavy atom. The molecule has 232 valence electrons. The molecule has 13 heteroatoms. The van der Waals surface area contributed by atoms with Crippen molar-refractivity contribution in [2.24, 2.45) is 5.92 Å². The molecule has 0 bridgehead atoms. The number of nitrogens with zero attached hydrogens (tertiary/aromatic N) is 1. The number of hydrogen-bond acceptors (Lipinski definition) is 8. The third-order valence-electron chi connectivity index (χ3n) is 6.55. The average molecular weight is 617 g/mol. The van der Waals surface area contributed by atoms with Gasteiger partial charge in [-0.2, -0.15) is 0 Å². The van der Waals surface area contributed by atoms with Crippen LogP contribution in [0.3, 0.4) is 0 Å². The highest BCUT2D eigenvalue weighted by Crippen LogP contribution is 2.21. The predicted octanol–water partition coefficient (Wildman–Crippen LogP) is 3.01. The van der Waals surface area contributed by atoms with Crippen molar-refractivity contribution in [3.05, 3.63) is 64.2 Å². The fourth-order valence-electron chi connectivity index (χ4n) is 4.39. The first-order valence-corrected chi connectivity index (χ1v) is 14.1. The Labute approximate surface area is 255 Å². The molecule has 4 amide bonds. The minimum atomic E-state index is -1.23. The standard InChI is InChI=1S/C30H37ClN4O8/c1-30(2,3)43-29(41)35-12-6-8-20(17-35)26(38)33-16-24(28(40)42-4)34-27(39)22-11-10-19(14-23(22)31)25(37)32-15-18-7-5-9-21(36)13-18/h5,7,9-11,13-14,20,24,36H,6,8,12,15-17H2,1-4H3,(H,32,37)(H,33,38)(H,34,39)/t20?,24-/m0/s1. The van der Waals surface area contributed by atoms with Gasteiger partial charge in [0.1, 0.15) is 17.4 Å². The Balaban J connectivity index is 1.58. The molecule has 2 aromatic rings. The van der Waals surface area contributed by atoms with Gasteiger partial charge in [0, 0.05) is 31.7 Å². The number of likely N-dealkylation sites (tertiary alicyclic amines) is 1. The van der Waals surface area contributed by atoms with Crippen LogP contribution < -0.4 is 16.0 Å². The van der Waals surface area contributed by atoms with Crippen molar-refractivity contribution in [3.8, 4) is 5.75 Å². The SMILES string of the molecule is COC(=O)[C@H](CNC(=O)C1CCCN(C(=O)OC(C)(C)C)C1)NC(=O)c1ccc(C(=O)NCc2cccc(O)c2)cc1Cl. The van der Waals surface area contributed by atoms with Gasteiger partial charge >= 0.3 is 12.1 Å².